The lowest BCUT2D eigenvalue weighted by molar-refractivity contribution is -0.137. The summed E-state index contributed by atoms with van der Waals surface area (Å²) in [7, 11) is 0. The maximum absolute atomic E-state index is 12.8. The van der Waals surface area contributed by atoms with Crippen LogP contribution >= 0.6 is 0 Å². The molecule has 3 rings (SSSR count). The molecule has 0 saturated heterocycles. The predicted octanol–water partition coefficient (Wildman–Crippen LogP) is 4.65. The van der Waals surface area contributed by atoms with Gasteiger partial charge in [0, 0.05) is 12.1 Å². The number of hydrogen-bond donors (Lipinski definition) is 1. The molecule has 0 aliphatic heterocycles. The first kappa shape index (κ1) is 23.0. The molecule has 9 heteroatoms. The van der Waals surface area contributed by atoms with Crippen LogP contribution in [0.1, 0.15) is 42.8 Å². The molecule has 32 heavy (non-hydrogen) atoms. The van der Waals surface area contributed by atoms with E-state index in [4.69, 9.17) is 9.68 Å². The first-order chi connectivity index (χ1) is 15.1. The van der Waals surface area contributed by atoms with Gasteiger partial charge in [-0.25, -0.2) is 0 Å². The highest BCUT2D eigenvalue weighted by Crippen LogP contribution is 2.31. The minimum atomic E-state index is -4.38. The third kappa shape index (κ3) is 5.14. The van der Waals surface area contributed by atoms with Gasteiger partial charge in [0.2, 0.25) is 17.7 Å². The largest absolute Gasteiger partial charge is 0.420 e. The zero-order chi connectivity index (χ0) is 23.4. The van der Waals surface area contributed by atoms with Crippen molar-refractivity contribution in [3.63, 3.8) is 0 Å². The number of nitrogens with one attached hydrogen (secondary N) is 1. The number of carbonyl (C=O) groups is 1. The van der Waals surface area contributed by atoms with E-state index in [1.165, 1.54) is 12.1 Å². The van der Waals surface area contributed by atoms with Crippen LogP contribution < -0.4 is 5.32 Å². The highest BCUT2D eigenvalue weighted by atomic mass is 19.4. The van der Waals surface area contributed by atoms with Gasteiger partial charge < -0.3 is 9.73 Å². The highest BCUT2D eigenvalue weighted by Gasteiger charge is 2.36. The topological polar surface area (TPSA) is 91.8 Å². The second-order valence-corrected chi connectivity index (χ2v) is 7.73. The minimum absolute atomic E-state index is 0.117. The Balaban J connectivity index is 1.83. The second-order valence-electron chi connectivity index (χ2n) is 7.73. The van der Waals surface area contributed by atoms with Crippen molar-refractivity contribution in [2.24, 2.45) is 0 Å². The lowest BCUT2D eigenvalue weighted by atomic mass is 9.92. The molecule has 0 unspecified atom stereocenters. The quantitative estimate of drug-likeness (QED) is 0.538. The number of halogens is 3. The molecule has 1 amide bonds. The van der Waals surface area contributed by atoms with Crippen LogP contribution in [0.15, 0.2) is 52.9 Å². The van der Waals surface area contributed by atoms with Gasteiger partial charge in [-0.15, -0.1) is 10.2 Å². The summed E-state index contributed by atoms with van der Waals surface area (Å²) in [6.07, 6.45) is -3.83. The molecule has 0 aliphatic rings. The Morgan fingerprint density at radius 2 is 1.78 bits per heavy atom. The summed E-state index contributed by atoms with van der Waals surface area (Å²) >= 11 is 0. The number of rotatable bonds is 7. The van der Waals surface area contributed by atoms with E-state index in [9.17, 15) is 18.0 Å². The molecule has 1 heterocycles. The first-order valence-corrected chi connectivity index (χ1v) is 9.86. The Morgan fingerprint density at radius 1 is 1.09 bits per heavy atom. The molecule has 3 aromatic rings. The zero-order valence-electron chi connectivity index (χ0n) is 17.5. The summed E-state index contributed by atoms with van der Waals surface area (Å²) in [6.45, 7) is 3.50. The summed E-state index contributed by atoms with van der Waals surface area (Å²) in [4.78, 5) is 12.5. The maximum Gasteiger partial charge on any atom is 0.416 e. The van der Waals surface area contributed by atoms with Gasteiger partial charge in [-0.3, -0.25) is 4.79 Å². The lowest BCUT2D eigenvalue weighted by Crippen LogP contribution is -2.40. The van der Waals surface area contributed by atoms with E-state index < -0.39 is 17.2 Å². The van der Waals surface area contributed by atoms with Gasteiger partial charge in [0.1, 0.15) is 5.41 Å². The molecule has 0 saturated carbocycles. The number of amides is 1. The monoisotopic (exact) mass is 442 g/mol. The van der Waals surface area contributed by atoms with E-state index in [1.807, 2.05) is 18.2 Å². The Kier molecular flexibility index (Phi) is 6.63. The summed E-state index contributed by atoms with van der Waals surface area (Å²) in [5.74, 6) is -0.0207. The smallest absolute Gasteiger partial charge is 0.416 e. The normalized spacial score (nSPS) is 11.8. The number of nitriles is 1. The standard InChI is InChI=1S/C23H21F3N4O2/c1-22(2,20(31)28-13-5-12-27)21-30-29-19(32-21)18-7-4-3-6-16(18)14-15-8-10-17(11-9-15)23(24,25)26/h3-4,6-11H,5,13-14H2,1-2H3,(H,28,31). The summed E-state index contributed by atoms with van der Waals surface area (Å²) in [5.41, 5.74) is 0.308. The Morgan fingerprint density at radius 3 is 2.44 bits per heavy atom. The van der Waals surface area contributed by atoms with Crippen LogP contribution in [0.3, 0.4) is 0 Å². The van der Waals surface area contributed by atoms with E-state index in [0.717, 1.165) is 17.7 Å². The fraction of sp³-hybridized carbons (Fsp3) is 0.304. The molecule has 0 fully saturated rings. The molecule has 1 N–H and O–H groups in total. The predicted molar refractivity (Wildman–Crippen MR) is 110 cm³/mol. The number of hydrogen-bond acceptors (Lipinski definition) is 5. The van der Waals surface area contributed by atoms with E-state index in [-0.39, 0.29) is 30.7 Å². The Hall–Kier alpha value is -3.67. The zero-order valence-corrected chi connectivity index (χ0v) is 17.5. The van der Waals surface area contributed by atoms with Crippen molar-refractivity contribution < 1.29 is 22.4 Å². The van der Waals surface area contributed by atoms with Crippen LogP contribution in [0.4, 0.5) is 13.2 Å². The van der Waals surface area contributed by atoms with Gasteiger partial charge in [0.25, 0.3) is 0 Å². The summed E-state index contributed by atoms with van der Waals surface area (Å²) < 4.78 is 44.2. The van der Waals surface area contributed by atoms with Crippen LogP contribution in [-0.2, 0) is 22.8 Å². The molecule has 0 atom stereocenters. The average molecular weight is 442 g/mol. The van der Waals surface area contributed by atoms with Crippen molar-refractivity contribution in [1.29, 1.82) is 5.26 Å². The highest BCUT2D eigenvalue weighted by molar-refractivity contribution is 5.86. The van der Waals surface area contributed by atoms with Crippen LogP contribution in [0.2, 0.25) is 0 Å². The van der Waals surface area contributed by atoms with Crippen LogP contribution in [0.25, 0.3) is 11.5 Å². The Bertz CT molecular complexity index is 1130. The molecular weight excluding hydrogens is 421 g/mol. The molecule has 1 aromatic heterocycles. The molecule has 6 nitrogen and oxygen atoms in total. The molecule has 0 bridgehead atoms. The SMILES string of the molecule is CC(C)(C(=O)NCCC#N)c1nnc(-c2ccccc2Cc2ccc(C(F)(F)F)cc2)o1. The molecule has 166 valence electrons. The fourth-order valence-corrected chi connectivity index (χ4v) is 3.05. The molecule has 0 spiro atoms. The van der Waals surface area contributed by atoms with Gasteiger partial charge in [0.05, 0.1) is 18.1 Å². The fourth-order valence-electron chi connectivity index (χ4n) is 3.05. The van der Waals surface area contributed by atoms with Crippen LogP contribution in [-0.4, -0.2) is 22.6 Å². The summed E-state index contributed by atoms with van der Waals surface area (Å²) in [5, 5.41) is 19.4. The second kappa shape index (κ2) is 9.22. The van der Waals surface area contributed by atoms with Crippen molar-refractivity contribution >= 4 is 5.91 Å². The number of aromatic nitrogens is 2. The maximum atomic E-state index is 12.8. The van der Waals surface area contributed by atoms with Gasteiger partial charge in [-0.2, -0.15) is 18.4 Å². The van der Waals surface area contributed by atoms with Crippen molar-refractivity contribution in [1.82, 2.24) is 15.5 Å². The number of benzene rings is 2. The van der Waals surface area contributed by atoms with E-state index in [1.54, 1.807) is 26.0 Å². The summed E-state index contributed by atoms with van der Waals surface area (Å²) in [6, 6.07) is 14.1. The molecule has 0 aliphatic carbocycles. The van der Waals surface area contributed by atoms with Crippen molar-refractivity contribution in [2.45, 2.75) is 38.3 Å². The van der Waals surface area contributed by atoms with Gasteiger partial charge in [-0.1, -0.05) is 30.3 Å². The third-order valence-corrected chi connectivity index (χ3v) is 4.97. The average Bonchev–Trinajstić information content (AvgIpc) is 3.25. The molecular formula is C23H21F3N4O2. The van der Waals surface area contributed by atoms with Gasteiger partial charge in [0.15, 0.2) is 0 Å². The minimum Gasteiger partial charge on any atom is -0.420 e. The van der Waals surface area contributed by atoms with E-state index in [0.29, 0.717) is 17.5 Å². The van der Waals surface area contributed by atoms with E-state index >= 15 is 0 Å². The van der Waals surface area contributed by atoms with Gasteiger partial charge in [-0.05, 0) is 49.6 Å². The van der Waals surface area contributed by atoms with E-state index in [2.05, 4.69) is 15.5 Å². The van der Waals surface area contributed by atoms with Crippen molar-refractivity contribution in [2.75, 3.05) is 6.54 Å². The van der Waals surface area contributed by atoms with Gasteiger partial charge >= 0.3 is 6.18 Å². The number of alkyl halides is 3. The van der Waals surface area contributed by atoms with Crippen molar-refractivity contribution in [3.8, 4) is 17.5 Å². The van der Waals surface area contributed by atoms with Crippen LogP contribution in [0, 0.1) is 11.3 Å². The Labute approximate surface area is 183 Å². The lowest BCUT2D eigenvalue weighted by Gasteiger charge is -2.18. The third-order valence-electron chi connectivity index (χ3n) is 4.97. The number of nitrogens with zero attached hydrogens (tertiary/aromatic N) is 3. The molecule has 2 aromatic carbocycles. The van der Waals surface area contributed by atoms with Crippen LogP contribution in [0.5, 0.6) is 0 Å². The first-order valence-electron chi connectivity index (χ1n) is 9.86. The number of carbonyl (C=O) groups excluding carboxylic acids is 1. The van der Waals surface area contributed by atoms with Crippen molar-refractivity contribution in [3.05, 3.63) is 71.1 Å². The molecule has 0 radical (unpaired) electrons.